The number of nitrogens with one attached hydrogen (secondary N) is 1. The number of carbonyl (C=O) groups is 2. The highest BCUT2D eigenvalue weighted by Gasteiger charge is 2.35. The van der Waals surface area contributed by atoms with E-state index < -0.39 is 23.5 Å². The summed E-state index contributed by atoms with van der Waals surface area (Å²) in [6.07, 6.45) is 6.56. The van der Waals surface area contributed by atoms with Crippen LogP contribution in [-0.2, 0) is 22.4 Å². The smallest absolute Gasteiger partial charge is 0.349 e. The number of rotatable bonds is 4. The van der Waals surface area contributed by atoms with Crippen molar-refractivity contribution in [1.29, 1.82) is 5.26 Å². The molecule has 3 rings (SSSR count). The van der Waals surface area contributed by atoms with Gasteiger partial charge in [-0.25, -0.2) is 4.79 Å². The first kappa shape index (κ1) is 17.0. The molecule has 5 nitrogen and oxygen atoms in total. The molecular weight excluding hydrogens is 324 g/mol. The summed E-state index contributed by atoms with van der Waals surface area (Å²) in [5.74, 6) is -0.845. The number of hydrogen-bond acceptors (Lipinski definition) is 5. The molecule has 6 heteroatoms. The van der Waals surface area contributed by atoms with Crippen molar-refractivity contribution in [1.82, 2.24) is 5.32 Å². The average Bonchev–Trinajstić information content (AvgIpc) is 3.17. The number of esters is 1. The first-order valence-electron chi connectivity index (χ1n) is 8.59. The van der Waals surface area contributed by atoms with E-state index in [2.05, 4.69) is 11.4 Å². The SMILES string of the molecule is C[C@H](OC(=O)c1cc2c(s1)CCC2)C(=O)NC1(C#N)CCCCC1. The van der Waals surface area contributed by atoms with Crippen LogP contribution in [0.15, 0.2) is 6.07 Å². The van der Waals surface area contributed by atoms with E-state index in [9.17, 15) is 14.9 Å². The zero-order valence-corrected chi connectivity index (χ0v) is 14.7. The molecule has 0 saturated heterocycles. The summed E-state index contributed by atoms with van der Waals surface area (Å²) in [7, 11) is 0. The summed E-state index contributed by atoms with van der Waals surface area (Å²) in [6, 6.07) is 4.13. The van der Waals surface area contributed by atoms with Crippen molar-refractivity contribution in [3.63, 3.8) is 0 Å². The van der Waals surface area contributed by atoms with Crippen molar-refractivity contribution < 1.29 is 14.3 Å². The Morgan fingerprint density at radius 3 is 2.71 bits per heavy atom. The molecular formula is C18H22N2O3S. The summed E-state index contributed by atoms with van der Waals surface area (Å²) in [4.78, 5) is 26.4. The number of ether oxygens (including phenoxy) is 1. The van der Waals surface area contributed by atoms with Crippen LogP contribution >= 0.6 is 11.3 Å². The van der Waals surface area contributed by atoms with Gasteiger partial charge in [0.15, 0.2) is 6.10 Å². The number of aryl methyl sites for hydroxylation is 2. The summed E-state index contributed by atoms with van der Waals surface area (Å²) in [5, 5.41) is 12.2. The molecule has 2 aliphatic rings. The first-order chi connectivity index (χ1) is 11.5. The maximum absolute atomic E-state index is 12.3. The van der Waals surface area contributed by atoms with E-state index in [0.29, 0.717) is 17.7 Å². The van der Waals surface area contributed by atoms with Crippen LogP contribution < -0.4 is 5.32 Å². The van der Waals surface area contributed by atoms with E-state index in [-0.39, 0.29) is 0 Å². The summed E-state index contributed by atoms with van der Waals surface area (Å²) >= 11 is 1.46. The molecule has 24 heavy (non-hydrogen) atoms. The lowest BCUT2D eigenvalue weighted by Crippen LogP contribution is -2.52. The Labute approximate surface area is 146 Å². The van der Waals surface area contributed by atoms with Crippen LogP contribution in [0.2, 0.25) is 0 Å². The second-order valence-electron chi connectivity index (χ2n) is 6.70. The van der Waals surface area contributed by atoms with Gasteiger partial charge in [-0.3, -0.25) is 4.79 Å². The van der Waals surface area contributed by atoms with Gasteiger partial charge in [-0.05, 0) is 50.7 Å². The number of hydrogen-bond donors (Lipinski definition) is 1. The lowest BCUT2D eigenvalue weighted by atomic mass is 9.83. The van der Waals surface area contributed by atoms with Gasteiger partial charge in [0.2, 0.25) is 0 Å². The summed E-state index contributed by atoms with van der Waals surface area (Å²) < 4.78 is 5.32. The molecule has 2 aliphatic carbocycles. The number of nitriles is 1. The van der Waals surface area contributed by atoms with Crippen LogP contribution in [-0.4, -0.2) is 23.5 Å². The van der Waals surface area contributed by atoms with Gasteiger partial charge in [-0.1, -0.05) is 19.3 Å². The van der Waals surface area contributed by atoms with Crippen LogP contribution in [0.25, 0.3) is 0 Å². The maximum atomic E-state index is 12.3. The van der Waals surface area contributed by atoms with E-state index in [1.807, 2.05) is 6.07 Å². The van der Waals surface area contributed by atoms with Crippen molar-refractivity contribution in [2.45, 2.75) is 69.9 Å². The third-order valence-corrected chi connectivity index (χ3v) is 6.10. The number of thiophene rings is 1. The van der Waals surface area contributed by atoms with E-state index in [1.54, 1.807) is 6.92 Å². The fourth-order valence-electron chi connectivity index (χ4n) is 3.46. The van der Waals surface area contributed by atoms with E-state index in [4.69, 9.17) is 4.74 Å². The third kappa shape index (κ3) is 3.46. The van der Waals surface area contributed by atoms with Gasteiger partial charge in [0.1, 0.15) is 10.4 Å². The van der Waals surface area contributed by atoms with Gasteiger partial charge in [-0.2, -0.15) is 5.26 Å². The maximum Gasteiger partial charge on any atom is 0.349 e. The minimum absolute atomic E-state index is 0.393. The molecule has 0 spiro atoms. The van der Waals surface area contributed by atoms with Crippen molar-refractivity contribution >= 4 is 23.2 Å². The quantitative estimate of drug-likeness (QED) is 0.850. The van der Waals surface area contributed by atoms with Gasteiger partial charge in [0.05, 0.1) is 6.07 Å². The number of amides is 1. The lowest BCUT2D eigenvalue weighted by molar-refractivity contribution is -0.130. The zero-order chi connectivity index (χ0) is 17.2. The van der Waals surface area contributed by atoms with Gasteiger partial charge in [-0.15, -0.1) is 11.3 Å². The molecule has 0 bridgehead atoms. The predicted molar refractivity (Wildman–Crippen MR) is 90.8 cm³/mol. The Kier molecular flexibility index (Phi) is 4.91. The average molecular weight is 346 g/mol. The van der Waals surface area contributed by atoms with Crippen LogP contribution in [0.4, 0.5) is 0 Å². The number of fused-ring (bicyclic) bond motifs is 1. The zero-order valence-electron chi connectivity index (χ0n) is 13.9. The van der Waals surface area contributed by atoms with Gasteiger partial charge in [0.25, 0.3) is 5.91 Å². The van der Waals surface area contributed by atoms with Crippen LogP contribution in [0.1, 0.15) is 65.6 Å². The van der Waals surface area contributed by atoms with E-state index >= 15 is 0 Å². The fourth-order valence-corrected chi connectivity index (χ4v) is 4.60. The predicted octanol–water partition coefficient (Wildman–Crippen LogP) is 3.12. The molecule has 0 aromatic carbocycles. The Morgan fingerprint density at radius 2 is 2.04 bits per heavy atom. The largest absolute Gasteiger partial charge is 0.448 e. The van der Waals surface area contributed by atoms with Gasteiger partial charge >= 0.3 is 5.97 Å². The van der Waals surface area contributed by atoms with Crippen LogP contribution in [0, 0.1) is 11.3 Å². The highest BCUT2D eigenvalue weighted by Crippen LogP contribution is 2.31. The molecule has 0 aliphatic heterocycles. The Morgan fingerprint density at radius 1 is 1.29 bits per heavy atom. The molecule has 0 unspecified atom stereocenters. The summed E-state index contributed by atoms with van der Waals surface area (Å²) in [5.41, 5.74) is 0.426. The molecule has 1 amide bonds. The highest BCUT2D eigenvalue weighted by molar-refractivity contribution is 7.14. The molecule has 1 aromatic heterocycles. The first-order valence-corrected chi connectivity index (χ1v) is 9.40. The Balaban J connectivity index is 1.59. The molecule has 1 aromatic rings. The highest BCUT2D eigenvalue weighted by atomic mass is 32.1. The fraction of sp³-hybridized carbons (Fsp3) is 0.611. The van der Waals surface area contributed by atoms with Gasteiger partial charge < -0.3 is 10.1 Å². The topological polar surface area (TPSA) is 79.2 Å². The molecule has 1 atom stereocenters. The molecule has 1 fully saturated rings. The standard InChI is InChI=1S/C18H22N2O3S/c1-12(16(21)20-18(11-19)8-3-2-4-9-18)23-17(22)15-10-13-6-5-7-14(13)24-15/h10,12H,2-9H2,1H3,(H,20,21)/t12-/m0/s1. The third-order valence-electron chi connectivity index (χ3n) is 4.88. The van der Waals surface area contributed by atoms with E-state index in [1.165, 1.54) is 21.8 Å². The molecule has 0 radical (unpaired) electrons. The number of carbonyl (C=O) groups excluding carboxylic acids is 2. The summed E-state index contributed by atoms with van der Waals surface area (Å²) in [6.45, 7) is 1.56. The molecule has 128 valence electrons. The van der Waals surface area contributed by atoms with Crippen molar-refractivity contribution in [3.05, 3.63) is 21.4 Å². The Hall–Kier alpha value is -1.87. The monoisotopic (exact) mass is 346 g/mol. The van der Waals surface area contributed by atoms with E-state index in [0.717, 1.165) is 38.5 Å². The van der Waals surface area contributed by atoms with Crippen molar-refractivity contribution in [2.24, 2.45) is 0 Å². The minimum atomic E-state index is -0.901. The second-order valence-corrected chi connectivity index (χ2v) is 7.84. The van der Waals surface area contributed by atoms with Crippen LogP contribution in [0.3, 0.4) is 0 Å². The molecule has 1 heterocycles. The Bertz CT molecular complexity index is 661. The van der Waals surface area contributed by atoms with Gasteiger partial charge in [0, 0.05) is 4.88 Å². The van der Waals surface area contributed by atoms with Crippen molar-refractivity contribution in [2.75, 3.05) is 0 Å². The van der Waals surface area contributed by atoms with Crippen molar-refractivity contribution in [3.8, 4) is 6.07 Å². The second kappa shape index (κ2) is 6.94. The number of nitrogens with zero attached hydrogens (tertiary/aromatic N) is 1. The lowest BCUT2D eigenvalue weighted by Gasteiger charge is -2.32. The normalized spacial score (nSPS) is 19.8. The minimum Gasteiger partial charge on any atom is -0.448 e. The van der Waals surface area contributed by atoms with Crippen LogP contribution in [0.5, 0.6) is 0 Å². The molecule has 1 N–H and O–H groups in total. The molecule has 1 saturated carbocycles.